The fraction of sp³-hybridized carbons (Fsp3) is 0.276. The first-order valence-corrected chi connectivity index (χ1v) is 12.1. The maximum absolute atomic E-state index is 5.63. The first-order chi connectivity index (χ1) is 16.1. The molecule has 4 nitrogen and oxygen atoms in total. The van der Waals surface area contributed by atoms with Crippen molar-refractivity contribution in [2.75, 3.05) is 5.32 Å². The SMILES string of the molecule is CC(C)(C)CC(C)(C)NC(=S)Nc1ccc2nc3c4ccccc4c4ccccc4c3nc2c1. The second-order valence-corrected chi connectivity index (χ2v) is 11.3. The van der Waals surface area contributed by atoms with Crippen LogP contribution in [0.25, 0.3) is 43.6 Å². The Hall–Kier alpha value is -3.31. The lowest BCUT2D eigenvalue weighted by molar-refractivity contribution is 0.268. The van der Waals surface area contributed by atoms with Gasteiger partial charge in [0, 0.05) is 22.0 Å². The molecule has 0 amide bonds. The second kappa shape index (κ2) is 8.17. The van der Waals surface area contributed by atoms with Crippen LogP contribution in [0.1, 0.15) is 41.0 Å². The van der Waals surface area contributed by atoms with E-state index in [2.05, 4.69) is 93.8 Å². The Morgan fingerprint density at radius 3 is 1.82 bits per heavy atom. The highest BCUT2D eigenvalue weighted by Crippen LogP contribution is 2.34. The van der Waals surface area contributed by atoms with Crippen LogP contribution in [0.4, 0.5) is 5.69 Å². The summed E-state index contributed by atoms with van der Waals surface area (Å²) in [6.45, 7) is 11.1. The third-order valence-electron chi connectivity index (χ3n) is 6.00. The van der Waals surface area contributed by atoms with Crippen molar-refractivity contribution in [3.8, 4) is 0 Å². The summed E-state index contributed by atoms with van der Waals surface area (Å²) in [5, 5.41) is 12.1. The van der Waals surface area contributed by atoms with E-state index >= 15 is 0 Å². The maximum atomic E-state index is 5.63. The van der Waals surface area contributed by atoms with E-state index in [-0.39, 0.29) is 11.0 Å². The van der Waals surface area contributed by atoms with Gasteiger partial charge >= 0.3 is 0 Å². The molecule has 172 valence electrons. The molecule has 0 bridgehead atoms. The molecule has 0 aliphatic rings. The predicted octanol–water partition coefficient (Wildman–Crippen LogP) is 7.59. The van der Waals surface area contributed by atoms with Crippen LogP contribution in [0.2, 0.25) is 0 Å². The van der Waals surface area contributed by atoms with Crippen LogP contribution in [0.15, 0.2) is 66.7 Å². The van der Waals surface area contributed by atoms with Crippen molar-refractivity contribution in [1.29, 1.82) is 0 Å². The molecule has 1 heterocycles. The largest absolute Gasteiger partial charge is 0.358 e. The molecule has 0 fully saturated rings. The van der Waals surface area contributed by atoms with Gasteiger partial charge in [-0.25, -0.2) is 9.97 Å². The van der Waals surface area contributed by atoms with E-state index in [0.717, 1.165) is 44.9 Å². The molecule has 0 saturated heterocycles. The standard InChI is InChI=1S/C29H30N4S/c1-28(2,3)17-29(4,5)33-27(34)30-18-14-15-23-24(16-18)32-26-22-13-9-7-11-20(22)19-10-6-8-12-21(19)25(26)31-23/h6-16H,17H2,1-5H3,(H2,30,33,34). The molecular weight excluding hydrogens is 436 g/mol. The Bertz CT molecular complexity index is 1560. The molecule has 0 aliphatic carbocycles. The molecule has 1 aromatic heterocycles. The van der Waals surface area contributed by atoms with Crippen molar-refractivity contribution >= 4 is 66.6 Å². The van der Waals surface area contributed by atoms with Gasteiger partial charge in [0.15, 0.2) is 5.11 Å². The zero-order valence-corrected chi connectivity index (χ0v) is 21.2. The lowest BCUT2D eigenvalue weighted by atomic mass is 9.82. The van der Waals surface area contributed by atoms with Crippen molar-refractivity contribution in [2.45, 2.75) is 46.6 Å². The number of rotatable bonds is 3. The van der Waals surface area contributed by atoms with Crippen LogP contribution >= 0.6 is 12.2 Å². The van der Waals surface area contributed by atoms with Gasteiger partial charge in [-0.15, -0.1) is 0 Å². The highest BCUT2D eigenvalue weighted by molar-refractivity contribution is 7.80. The van der Waals surface area contributed by atoms with Gasteiger partial charge in [-0.3, -0.25) is 0 Å². The minimum Gasteiger partial charge on any atom is -0.358 e. The zero-order chi connectivity index (χ0) is 24.1. The Morgan fingerprint density at radius 1 is 0.735 bits per heavy atom. The van der Waals surface area contributed by atoms with Crippen molar-refractivity contribution in [3.63, 3.8) is 0 Å². The van der Waals surface area contributed by atoms with Crippen LogP contribution in [0.5, 0.6) is 0 Å². The molecule has 0 spiro atoms. The topological polar surface area (TPSA) is 49.8 Å². The highest BCUT2D eigenvalue weighted by Gasteiger charge is 2.26. The maximum Gasteiger partial charge on any atom is 0.171 e. The molecule has 5 aromatic rings. The molecule has 0 radical (unpaired) electrons. The summed E-state index contributed by atoms with van der Waals surface area (Å²) in [4.78, 5) is 10.1. The summed E-state index contributed by atoms with van der Waals surface area (Å²) in [6.07, 6.45) is 0.998. The first kappa shape index (κ1) is 22.5. The predicted molar refractivity (Wildman–Crippen MR) is 150 cm³/mol. The van der Waals surface area contributed by atoms with Gasteiger partial charge in [0.25, 0.3) is 0 Å². The van der Waals surface area contributed by atoms with E-state index in [1.165, 1.54) is 10.8 Å². The van der Waals surface area contributed by atoms with E-state index in [1.54, 1.807) is 0 Å². The van der Waals surface area contributed by atoms with Crippen LogP contribution in [-0.4, -0.2) is 20.6 Å². The number of nitrogens with zero attached hydrogens (tertiary/aromatic N) is 2. The summed E-state index contributed by atoms with van der Waals surface area (Å²) < 4.78 is 0. The van der Waals surface area contributed by atoms with Crippen LogP contribution in [-0.2, 0) is 0 Å². The third-order valence-corrected chi connectivity index (χ3v) is 6.20. The number of aromatic nitrogens is 2. The number of benzene rings is 4. The van der Waals surface area contributed by atoms with Crippen molar-refractivity contribution in [1.82, 2.24) is 15.3 Å². The van der Waals surface area contributed by atoms with Gasteiger partial charge in [-0.2, -0.15) is 0 Å². The zero-order valence-electron chi connectivity index (χ0n) is 20.4. The van der Waals surface area contributed by atoms with Gasteiger partial charge in [0.05, 0.1) is 22.1 Å². The average Bonchev–Trinajstić information content (AvgIpc) is 2.76. The second-order valence-electron chi connectivity index (χ2n) is 10.9. The van der Waals surface area contributed by atoms with E-state index in [0.29, 0.717) is 5.11 Å². The summed E-state index contributed by atoms with van der Waals surface area (Å²) in [5.41, 5.74) is 4.55. The minimum absolute atomic E-state index is 0.116. The molecular formula is C29H30N4S. The number of hydrogen-bond acceptors (Lipinski definition) is 3. The first-order valence-electron chi connectivity index (χ1n) is 11.7. The van der Waals surface area contributed by atoms with Gasteiger partial charge in [-0.05, 0) is 66.9 Å². The Kier molecular flexibility index (Phi) is 5.40. The molecule has 0 unspecified atom stereocenters. The molecule has 0 saturated carbocycles. The Morgan fingerprint density at radius 2 is 1.26 bits per heavy atom. The monoisotopic (exact) mass is 466 g/mol. The fourth-order valence-electron chi connectivity index (χ4n) is 5.20. The molecule has 0 aliphatic heterocycles. The van der Waals surface area contributed by atoms with Crippen LogP contribution < -0.4 is 10.6 Å². The molecule has 5 heteroatoms. The van der Waals surface area contributed by atoms with Gasteiger partial charge in [0.2, 0.25) is 0 Å². The van der Waals surface area contributed by atoms with Crippen molar-refractivity contribution in [2.24, 2.45) is 5.41 Å². The highest BCUT2D eigenvalue weighted by atomic mass is 32.1. The molecule has 2 N–H and O–H groups in total. The number of anilines is 1. The van der Waals surface area contributed by atoms with Crippen molar-refractivity contribution < 1.29 is 0 Å². The van der Waals surface area contributed by atoms with Gasteiger partial charge < -0.3 is 10.6 Å². The van der Waals surface area contributed by atoms with Gasteiger partial charge in [-0.1, -0.05) is 69.3 Å². The summed E-state index contributed by atoms with van der Waals surface area (Å²) in [5.74, 6) is 0. The fourth-order valence-corrected chi connectivity index (χ4v) is 5.59. The molecule has 4 aromatic carbocycles. The van der Waals surface area contributed by atoms with Gasteiger partial charge in [0.1, 0.15) is 0 Å². The van der Waals surface area contributed by atoms with E-state index in [1.807, 2.05) is 18.2 Å². The lowest BCUT2D eigenvalue weighted by Gasteiger charge is -2.34. The average molecular weight is 467 g/mol. The van der Waals surface area contributed by atoms with E-state index < -0.39 is 0 Å². The number of hydrogen-bond donors (Lipinski definition) is 2. The molecule has 34 heavy (non-hydrogen) atoms. The normalized spacial score (nSPS) is 12.5. The quantitative estimate of drug-likeness (QED) is 0.163. The Balaban J connectivity index is 1.55. The summed E-state index contributed by atoms with van der Waals surface area (Å²) in [7, 11) is 0. The summed E-state index contributed by atoms with van der Waals surface area (Å²) >= 11 is 5.63. The molecule has 5 rings (SSSR count). The number of nitrogens with one attached hydrogen (secondary N) is 2. The van der Waals surface area contributed by atoms with E-state index in [9.17, 15) is 0 Å². The molecule has 0 atom stereocenters. The van der Waals surface area contributed by atoms with E-state index in [4.69, 9.17) is 22.2 Å². The minimum atomic E-state index is -0.116. The van der Waals surface area contributed by atoms with Crippen molar-refractivity contribution in [3.05, 3.63) is 66.7 Å². The Labute approximate surface area is 205 Å². The van der Waals surface area contributed by atoms with Crippen LogP contribution in [0.3, 0.4) is 0 Å². The number of thiocarbonyl (C=S) groups is 1. The number of fused-ring (bicyclic) bond motifs is 7. The lowest BCUT2D eigenvalue weighted by Crippen LogP contribution is -2.47. The summed E-state index contributed by atoms with van der Waals surface area (Å²) in [6, 6.07) is 22.9. The third kappa shape index (κ3) is 4.40. The van der Waals surface area contributed by atoms with Crippen LogP contribution in [0, 0.1) is 5.41 Å². The smallest absolute Gasteiger partial charge is 0.171 e.